The van der Waals surface area contributed by atoms with Gasteiger partial charge in [-0.2, -0.15) is 0 Å². The van der Waals surface area contributed by atoms with Crippen LogP contribution in [0.5, 0.6) is 0 Å². The lowest BCUT2D eigenvalue weighted by Crippen LogP contribution is -2.54. The second-order valence-corrected chi connectivity index (χ2v) is 8.34. The van der Waals surface area contributed by atoms with Gasteiger partial charge in [0.15, 0.2) is 5.96 Å². The van der Waals surface area contributed by atoms with Crippen molar-refractivity contribution in [2.45, 2.75) is 51.2 Å². The van der Waals surface area contributed by atoms with Gasteiger partial charge in [-0.3, -0.25) is 4.99 Å². The van der Waals surface area contributed by atoms with Crippen LogP contribution in [0.4, 0.5) is 0 Å². The molecule has 1 atom stereocenters. The zero-order chi connectivity index (χ0) is 20.4. The smallest absolute Gasteiger partial charge is 0.191 e. The molecule has 3 N–H and O–H groups in total. The highest BCUT2D eigenvalue weighted by atomic mass is 127. The first-order valence-electron chi connectivity index (χ1n) is 10.4. The van der Waals surface area contributed by atoms with Crippen LogP contribution in [0.1, 0.15) is 45.2 Å². The van der Waals surface area contributed by atoms with Crippen LogP contribution >= 0.6 is 24.0 Å². The molecule has 166 valence electrons. The van der Waals surface area contributed by atoms with Crippen molar-refractivity contribution >= 4 is 29.9 Å². The molecule has 1 aliphatic heterocycles. The minimum absolute atomic E-state index is 0. The van der Waals surface area contributed by atoms with Crippen LogP contribution < -0.4 is 16.0 Å². The van der Waals surface area contributed by atoms with Crippen molar-refractivity contribution < 1.29 is 4.74 Å². The Balaban J connectivity index is 0.00000420. The first kappa shape index (κ1) is 26.1. The molecule has 29 heavy (non-hydrogen) atoms. The van der Waals surface area contributed by atoms with Crippen molar-refractivity contribution in [3.8, 4) is 0 Å². The van der Waals surface area contributed by atoms with Crippen LogP contribution in [0, 0.1) is 0 Å². The maximum absolute atomic E-state index is 5.18. The zero-order valence-electron chi connectivity index (χ0n) is 18.7. The summed E-state index contributed by atoms with van der Waals surface area (Å²) in [4.78, 5) is 6.89. The number of ether oxygens (including phenoxy) is 1. The fraction of sp³-hybridized carbons (Fsp3) is 0.682. The van der Waals surface area contributed by atoms with Gasteiger partial charge in [-0.1, -0.05) is 30.3 Å². The number of methoxy groups -OCH3 is 1. The number of hydrogen-bond acceptors (Lipinski definition) is 4. The van der Waals surface area contributed by atoms with Gasteiger partial charge in [-0.25, -0.2) is 0 Å². The Morgan fingerprint density at radius 1 is 1.24 bits per heavy atom. The van der Waals surface area contributed by atoms with Crippen LogP contribution in [0.3, 0.4) is 0 Å². The summed E-state index contributed by atoms with van der Waals surface area (Å²) in [6, 6.07) is 11.3. The zero-order valence-corrected chi connectivity index (χ0v) is 21.0. The van der Waals surface area contributed by atoms with Crippen LogP contribution in [-0.2, 0) is 4.74 Å². The number of nitrogens with zero attached hydrogens (tertiary/aromatic N) is 2. The Morgan fingerprint density at radius 3 is 2.48 bits per heavy atom. The summed E-state index contributed by atoms with van der Waals surface area (Å²) in [5.41, 5.74) is 1.24. The molecule has 1 aromatic carbocycles. The van der Waals surface area contributed by atoms with E-state index in [1.165, 1.54) is 5.56 Å². The van der Waals surface area contributed by atoms with Crippen molar-refractivity contribution in [1.29, 1.82) is 0 Å². The average Bonchev–Trinajstić information content (AvgIpc) is 2.70. The van der Waals surface area contributed by atoms with Gasteiger partial charge in [0.05, 0.1) is 6.61 Å². The molecular weight excluding hydrogens is 477 g/mol. The molecule has 0 aromatic heterocycles. The van der Waals surface area contributed by atoms with E-state index in [-0.39, 0.29) is 29.5 Å². The second kappa shape index (κ2) is 13.4. The standard InChI is InChI=1S/C22H39N5O.HI/c1-18(19-9-7-6-8-10-19)26-22(2,3)17-24-21(23-4)25-20-11-13-27(14-12-20)15-16-28-5;/h6-10,18,20,26H,11-17H2,1-5H3,(H2,23,24,25);1H. The van der Waals surface area contributed by atoms with E-state index < -0.39 is 0 Å². The Labute approximate surface area is 194 Å². The molecule has 6 nitrogen and oxygen atoms in total. The number of likely N-dealkylation sites (tertiary alicyclic amines) is 1. The van der Waals surface area contributed by atoms with E-state index in [9.17, 15) is 0 Å². The highest BCUT2D eigenvalue weighted by Gasteiger charge is 2.23. The predicted octanol–water partition coefficient (Wildman–Crippen LogP) is 3.01. The van der Waals surface area contributed by atoms with E-state index in [1.807, 2.05) is 7.05 Å². The van der Waals surface area contributed by atoms with Crippen molar-refractivity contribution in [2.24, 2.45) is 4.99 Å². The summed E-state index contributed by atoms with van der Waals surface area (Å²) < 4.78 is 5.18. The van der Waals surface area contributed by atoms with E-state index in [2.05, 4.69) is 76.9 Å². The number of halogens is 1. The summed E-state index contributed by atoms with van der Waals surface area (Å²) in [7, 11) is 3.61. The van der Waals surface area contributed by atoms with Gasteiger partial charge in [0.2, 0.25) is 0 Å². The number of rotatable bonds is 9. The van der Waals surface area contributed by atoms with Crippen molar-refractivity contribution in [3.05, 3.63) is 35.9 Å². The lowest BCUT2D eigenvalue weighted by Gasteiger charge is -2.34. The molecule has 0 saturated carbocycles. The van der Waals surface area contributed by atoms with Gasteiger partial charge in [0.1, 0.15) is 0 Å². The van der Waals surface area contributed by atoms with Gasteiger partial charge in [-0.05, 0) is 39.2 Å². The molecule has 1 fully saturated rings. The number of aliphatic imine (C=N–C) groups is 1. The molecule has 1 saturated heterocycles. The molecule has 0 radical (unpaired) electrons. The predicted molar refractivity (Wildman–Crippen MR) is 133 cm³/mol. The molecular formula is C22H40IN5O. The molecule has 1 aromatic rings. The molecule has 7 heteroatoms. The molecule has 1 unspecified atom stereocenters. The third-order valence-corrected chi connectivity index (χ3v) is 5.37. The maximum Gasteiger partial charge on any atom is 0.191 e. The third-order valence-electron chi connectivity index (χ3n) is 5.37. The van der Waals surface area contributed by atoms with Crippen molar-refractivity contribution in [1.82, 2.24) is 20.9 Å². The van der Waals surface area contributed by atoms with Crippen LogP contribution in [0.15, 0.2) is 35.3 Å². The first-order valence-corrected chi connectivity index (χ1v) is 10.4. The third kappa shape index (κ3) is 9.63. The van der Waals surface area contributed by atoms with E-state index in [0.717, 1.165) is 51.6 Å². The Morgan fingerprint density at radius 2 is 1.90 bits per heavy atom. The number of benzene rings is 1. The van der Waals surface area contributed by atoms with Crippen molar-refractivity contribution in [2.75, 3.05) is 46.9 Å². The molecule has 0 aliphatic carbocycles. The lowest BCUT2D eigenvalue weighted by atomic mass is 10.0. The van der Waals surface area contributed by atoms with Gasteiger partial charge < -0.3 is 25.6 Å². The fourth-order valence-electron chi connectivity index (χ4n) is 3.68. The molecule has 1 aliphatic rings. The number of guanidine groups is 1. The summed E-state index contributed by atoms with van der Waals surface area (Å²) in [6.07, 6.45) is 2.27. The quantitative estimate of drug-likeness (QED) is 0.267. The lowest BCUT2D eigenvalue weighted by molar-refractivity contribution is 0.128. The van der Waals surface area contributed by atoms with Crippen molar-refractivity contribution in [3.63, 3.8) is 0 Å². The van der Waals surface area contributed by atoms with Crippen LogP contribution in [-0.4, -0.2) is 69.4 Å². The summed E-state index contributed by atoms with van der Waals surface area (Å²) in [5.74, 6) is 0.887. The molecule has 0 amide bonds. The van der Waals surface area contributed by atoms with Gasteiger partial charge in [0, 0.05) is 58.0 Å². The summed E-state index contributed by atoms with van der Waals surface area (Å²) in [6.45, 7) is 11.5. The van der Waals surface area contributed by atoms with E-state index in [1.54, 1.807) is 7.11 Å². The average molecular weight is 518 g/mol. The fourth-order valence-corrected chi connectivity index (χ4v) is 3.68. The highest BCUT2D eigenvalue weighted by Crippen LogP contribution is 2.16. The number of nitrogens with one attached hydrogen (secondary N) is 3. The summed E-state index contributed by atoms with van der Waals surface area (Å²) >= 11 is 0. The molecule has 1 heterocycles. The molecule has 0 bridgehead atoms. The normalized spacial score (nSPS) is 17.5. The summed E-state index contributed by atoms with van der Waals surface area (Å²) in [5, 5.41) is 10.8. The van der Waals surface area contributed by atoms with Gasteiger partial charge in [-0.15, -0.1) is 24.0 Å². The van der Waals surface area contributed by atoms with Gasteiger partial charge >= 0.3 is 0 Å². The minimum Gasteiger partial charge on any atom is -0.383 e. The minimum atomic E-state index is -0.0591. The van der Waals surface area contributed by atoms with E-state index in [4.69, 9.17) is 4.74 Å². The first-order chi connectivity index (χ1) is 13.4. The largest absolute Gasteiger partial charge is 0.383 e. The van der Waals surface area contributed by atoms with E-state index in [0.29, 0.717) is 12.1 Å². The molecule has 2 rings (SSSR count). The second-order valence-electron chi connectivity index (χ2n) is 8.34. The Kier molecular flexibility index (Phi) is 12.1. The Bertz CT molecular complexity index is 588. The van der Waals surface area contributed by atoms with Gasteiger partial charge in [0.25, 0.3) is 0 Å². The number of piperidine rings is 1. The monoisotopic (exact) mass is 517 g/mol. The maximum atomic E-state index is 5.18. The van der Waals surface area contributed by atoms with Crippen LogP contribution in [0.25, 0.3) is 0 Å². The molecule has 0 spiro atoms. The SMILES string of the molecule is CN=C(NCC(C)(C)NC(C)c1ccccc1)NC1CCN(CCOC)CC1.I. The highest BCUT2D eigenvalue weighted by molar-refractivity contribution is 14.0. The van der Waals surface area contributed by atoms with Crippen LogP contribution in [0.2, 0.25) is 0 Å². The number of hydrogen-bond donors (Lipinski definition) is 3. The van der Waals surface area contributed by atoms with E-state index >= 15 is 0 Å². The Hall–Kier alpha value is -0.900. The topological polar surface area (TPSA) is 60.9 Å².